The lowest BCUT2D eigenvalue weighted by atomic mass is 9.80. The van der Waals surface area contributed by atoms with Crippen LogP contribution in [-0.2, 0) is 12.0 Å². The second-order valence-corrected chi connectivity index (χ2v) is 5.70. The van der Waals surface area contributed by atoms with Gasteiger partial charge in [0.15, 0.2) is 0 Å². The van der Waals surface area contributed by atoms with Crippen LogP contribution < -0.4 is 0 Å². The van der Waals surface area contributed by atoms with Gasteiger partial charge in [0, 0.05) is 6.42 Å². The first-order valence-corrected chi connectivity index (χ1v) is 7.23. The Morgan fingerprint density at radius 2 is 1.48 bits per heavy atom. The Morgan fingerprint density at radius 1 is 0.810 bits per heavy atom. The van der Waals surface area contributed by atoms with Gasteiger partial charge in [0.2, 0.25) is 0 Å². The Morgan fingerprint density at radius 3 is 2.24 bits per heavy atom. The van der Waals surface area contributed by atoms with Gasteiger partial charge in [0.05, 0.1) is 0 Å². The van der Waals surface area contributed by atoms with Gasteiger partial charge in [-0.3, -0.25) is 0 Å². The van der Waals surface area contributed by atoms with Crippen LogP contribution in [0.2, 0.25) is 0 Å². The van der Waals surface area contributed by atoms with Crippen LogP contribution in [0.4, 0.5) is 0 Å². The second kappa shape index (κ2) is 4.57. The minimum atomic E-state index is -0.906. The van der Waals surface area contributed by atoms with E-state index >= 15 is 0 Å². The maximum Gasteiger partial charge on any atom is 0.112 e. The van der Waals surface area contributed by atoms with Crippen molar-refractivity contribution >= 4 is 16.8 Å². The zero-order chi connectivity index (χ0) is 14.3. The highest BCUT2D eigenvalue weighted by Crippen LogP contribution is 2.35. The Balaban J connectivity index is 1.84. The topological polar surface area (TPSA) is 20.2 Å². The molecule has 0 heterocycles. The van der Waals surface area contributed by atoms with Crippen molar-refractivity contribution in [1.29, 1.82) is 0 Å². The number of hydrogen-bond donors (Lipinski definition) is 1. The van der Waals surface area contributed by atoms with Crippen LogP contribution in [0, 0.1) is 0 Å². The Hall–Kier alpha value is -2.38. The molecular weight excluding hydrogens is 256 g/mol. The molecule has 3 aromatic rings. The molecule has 21 heavy (non-hydrogen) atoms. The van der Waals surface area contributed by atoms with Gasteiger partial charge in [-0.1, -0.05) is 66.7 Å². The van der Waals surface area contributed by atoms with E-state index in [1.807, 2.05) is 42.5 Å². The zero-order valence-electron chi connectivity index (χ0n) is 11.7. The van der Waals surface area contributed by atoms with Crippen LogP contribution in [0.1, 0.15) is 16.7 Å². The lowest BCUT2D eigenvalue weighted by molar-refractivity contribution is 0.0893. The summed E-state index contributed by atoms with van der Waals surface area (Å²) in [5.74, 6) is 0. The second-order valence-electron chi connectivity index (χ2n) is 5.70. The first-order valence-electron chi connectivity index (χ1n) is 7.23. The molecule has 0 saturated heterocycles. The van der Waals surface area contributed by atoms with Crippen molar-refractivity contribution in [3.05, 3.63) is 89.5 Å². The molecule has 4 rings (SSSR count). The zero-order valence-corrected chi connectivity index (χ0v) is 11.7. The molecule has 0 amide bonds. The number of rotatable bonds is 1. The molecule has 3 aromatic carbocycles. The minimum absolute atomic E-state index is 0.619. The summed E-state index contributed by atoms with van der Waals surface area (Å²) in [5, 5.41) is 13.4. The van der Waals surface area contributed by atoms with Crippen molar-refractivity contribution in [3.63, 3.8) is 0 Å². The minimum Gasteiger partial charge on any atom is -0.381 e. The molecule has 0 bridgehead atoms. The molecule has 1 nitrogen and oxygen atoms in total. The van der Waals surface area contributed by atoms with Crippen LogP contribution >= 0.6 is 0 Å². The average Bonchev–Trinajstić information content (AvgIpc) is 2.54. The van der Waals surface area contributed by atoms with E-state index < -0.39 is 5.60 Å². The first kappa shape index (κ1) is 12.4. The summed E-state index contributed by atoms with van der Waals surface area (Å²) < 4.78 is 0. The fourth-order valence-electron chi connectivity index (χ4n) is 3.12. The normalized spacial score (nSPS) is 20.4. The van der Waals surface area contributed by atoms with E-state index in [-0.39, 0.29) is 0 Å². The predicted molar refractivity (Wildman–Crippen MR) is 87.0 cm³/mol. The molecule has 102 valence electrons. The lowest BCUT2D eigenvalue weighted by Gasteiger charge is -2.29. The third-order valence-electron chi connectivity index (χ3n) is 4.28. The van der Waals surface area contributed by atoms with Crippen molar-refractivity contribution in [3.8, 4) is 0 Å². The van der Waals surface area contributed by atoms with Crippen molar-refractivity contribution < 1.29 is 5.11 Å². The van der Waals surface area contributed by atoms with E-state index in [0.29, 0.717) is 6.42 Å². The summed E-state index contributed by atoms with van der Waals surface area (Å²) in [6.45, 7) is 0. The number of hydrogen-bond acceptors (Lipinski definition) is 1. The van der Waals surface area contributed by atoms with Crippen LogP contribution in [0.15, 0.2) is 72.8 Å². The molecule has 0 aromatic heterocycles. The molecule has 0 saturated carbocycles. The SMILES string of the molecule is OC1(c2ccccc2)C=Cc2cc3ccccc3cc2C1. The third kappa shape index (κ3) is 2.07. The van der Waals surface area contributed by atoms with E-state index in [2.05, 4.69) is 36.4 Å². The largest absolute Gasteiger partial charge is 0.381 e. The van der Waals surface area contributed by atoms with Gasteiger partial charge in [-0.25, -0.2) is 0 Å². The number of fused-ring (bicyclic) bond motifs is 2. The highest BCUT2D eigenvalue weighted by atomic mass is 16.3. The van der Waals surface area contributed by atoms with Crippen molar-refractivity contribution in [2.24, 2.45) is 0 Å². The van der Waals surface area contributed by atoms with Crippen molar-refractivity contribution in [2.45, 2.75) is 12.0 Å². The molecule has 1 atom stereocenters. The lowest BCUT2D eigenvalue weighted by Crippen LogP contribution is -2.28. The van der Waals surface area contributed by atoms with Crippen LogP contribution in [0.25, 0.3) is 16.8 Å². The number of benzene rings is 3. The van der Waals surface area contributed by atoms with Crippen LogP contribution in [0.5, 0.6) is 0 Å². The molecule has 1 aliphatic rings. The summed E-state index contributed by atoms with van der Waals surface area (Å²) in [6, 6.07) is 22.6. The maximum absolute atomic E-state index is 11.0. The number of aliphatic hydroxyl groups is 1. The Labute approximate surface area is 124 Å². The fourth-order valence-corrected chi connectivity index (χ4v) is 3.12. The third-order valence-corrected chi connectivity index (χ3v) is 4.28. The Bertz CT molecular complexity index is 833. The van der Waals surface area contributed by atoms with Crippen LogP contribution in [-0.4, -0.2) is 5.11 Å². The summed E-state index contributed by atoms with van der Waals surface area (Å²) in [7, 11) is 0. The molecule has 0 spiro atoms. The van der Waals surface area contributed by atoms with Gasteiger partial charge in [-0.15, -0.1) is 0 Å². The predicted octanol–water partition coefficient (Wildman–Crippen LogP) is 4.30. The van der Waals surface area contributed by atoms with Gasteiger partial charge in [-0.05, 0) is 39.6 Å². The van der Waals surface area contributed by atoms with Gasteiger partial charge >= 0.3 is 0 Å². The smallest absolute Gasteiger partial charge is 0.112 e. The van der Waals surface area contributed by atoms with Gasteiger partial charge < -0.3 is 5.11 Å². The molecule has 1 aliphatic carbocycles. The quantitative estimate of drug-likeness (QED) is 0.700. The van der Waals surface area contributed by atoms with E-state index in [1.165, 1.54) is 21.9 Å². The van der Waals surface area contributed by atoms with Crippen molar-refractivity contribution in [1.82, 2.24) is 0 Å². The van der Waals surface area contributed by atoms with E-state index in [9.17, 15) is 5.11 Å². The highest BCUT2D eigenvalue weighted by Gasteiger charge is 2.30. The molecule has 0 fully saturated rings. The van der Waals surface area contributed by atoms with Crippen LogP contribution in [0.3, 0.4) is 0 Å². The van der Waals surface area contributed by atoms with Gasteiger partial charge in [0.25, 0.3) is 0 Å². The molecule has 0 aliphatic heterocycles. The van der Waals surface area contributed by atoms with Gasteiger partial charge in [-0.2, -0.15) is 0 Å². The first-order chi connectivity index (χ1) is 10.2. The monoisotopic (exact) mass is 272 g/mol. The summed E-state index contributed by atoms with van der Waals surface area (Å²) in [5.41, 5.74) is 2.44. The Kier molecular flexibility index (Phi) is 2.69. The van der Waals surface area contributed by atoms with E-state index in [0.717, 1.165) is 5.56 Å². The van der Waals surface area contributed by atoms with Crippen molar-refractivity contribution in [2.75, 3.05) is 0 Å². The highest BCUT2D eigenvalue weighted by molar-refractivity contribution is 5.86. The van der Waals surface area contributed by atoms with E-state index in [4.69, 9.17) is 0 Å². The molecule has 0 radical (unpaired) electrons. The molecule has 1 N–H and O–H groups in total. The standard InChI is InChI=1S/C20H16O/c21-20(19-8-2-1-3-9-19)11-10-17-12-15-6-4-5-7-16(15)13-18(17)14-20/h1-13,21H,14H2. The molecular formula is C20H16O. The molecule has 1 unspecified atom stereocenters. The molecule has 1 heteroatoms. The maximum atomic E-state index is 11.0. The van der Waals surface area contributed by atoms with E-state index in [1.54, 1.807) is 0 Å². The average molecular weight is 272 g/mol. The fraction of sp³-hybridized carbons (Fsp3) is 0.100. The summed E-state index contributed by atoms with van der Waals surface area (Å²) >= 11 is 0. The summed E-state index contributed by atoms with van der Waals surface area (Å²) in [4.78, 5) is 0. The summed E-state index contributed by atoms with van der Waals surface area (Å²) in [6.07, 6.45) is 4.57. The van der Waals surface area contributed by atoms with Gasteiger partial charge in [0.1, 0.15) is 5.60 Å².